The Balaban J connectivity index is 2.64. The molecular formula is C11H14O2S. The number of thiol groups is 1. The maximum Gasteiger partial charge on any atom is 0.139 e. The van der Waals surface area contributed by atoms with Gasteiger partial charge >= 0.3 is 0 Å². The first kappa shape index (κ1) is 11.1. The van der Waals surface area contributed by atoms with Crippen LogP contribution in [0.2, 0.25) is 0 Å². The zero-order valence-corrected chi connectivity index (χ0v) is 9.25. The monoisotopic (exact) mass is 210 g/mol. The molecule has 3 heteroatoms. The second-order valence-corrected chi connectivity index (χ2v) is 3.72. The normalized spacial score (nSPS) is 10.3. The number of hydrogen-bond acceptors (Lipinski definition) is 3. The van der Waals surface area contributed by atoms with Crippen molar-refractivity contribution >= 4 is 18.7 Å². The van der Waals surface area contributed by atoms with Crippen LogP contribution in [0.4, 0.5) is 0 Å². The van der Waals surface area contributed by atoms with E-state index in [1.54, 1.807) is 12.1 Å². The predicted octanol–water partition coefficient (Wildman–Crippen LogP) is 2.68. The molecule has 0 saturated carbocycles. The fourth-order valence-electron chi connectivity index (χ4n) is 1.07. The van der Waals surface area contributed by atoms with Crippen LogP contribution in [0.3, 0.4) is 0 Å². The SMILES string of the molecule is CC(C)C(=O)Cc1ccc(OS)cc1. The Kier molecular flexibility index (Phi) is 4.01. The highest BCUT2D eigenvalue weighted by molar-refractivity contribution is 7.75. The molecule has 0 aliphatic rings. The molecule has 0 aromatic heterocycles. The molecule has 0 unspecified atom stereocenters. The van der Waals surface area contributed by atoms with Gasteiger partial charge in [-0.1, -0.05) is 26.0 Å². The van der Waals surface area contributed by atoms with Crippen molar-refractivity contribution in [2.75, 3.05) is 0 Å². The summed E-state index contributed by atoms with van der Waals surface area (Å²) in [6, 6.07) is 7.36. The van der Waals surface area contributed by atoms with Crippen molar-refractivity contribution in [1.82, 2.24) is 0 Å². The summed E-state index contributed by atoms with van der Waals surface area (Å²) in [5.74, 6) is 1.04. The minimum Gasteiger partial charge on any atom is -0.429 e. The van der Waals surface area contributed by atoms with Gasteiger partial charge in [-0.3, -0.25) is 4.79 Å². The lowest BCUT2D eigenvalue weighted by Gasteiger charge is -2.04. The average Bonchev–Trinajstić information content (AvgIpc) is 2.19. The number of carbonyl (C=O) groups is 1. The Hall–Kier alpha value is -0.960. The summed E-state index contributed by atoms with van der Waals surface area (Å²) < 4.78 is 4.73. The molecule has 0 radical (unpaired) electrons. The molecule has 0 amide bonds. The Morgan fingerprint density at radius 3 is 2.36 bits per heavy atom. The van der Waals surface area contributed by atoms with E-state index in [1.165, 1.54) is 0 Å². The lowest BCUT2D eigenvalue weighted by atomic mass is 10.0. The third kappa shape index (κ3) is 3.07. The van der Waals surface area contributed by atoms with Crippen molar-refractivity contribution in [1.29, 1.82) is 0 Å². The fraction of sp³-hybridized carbons (Fsp3) is 0.364. The summed E-state index contributed by atoms with van der Waals surface area (Å²) in [6.07, 6.45) is 0.491. The Morgan fingerprint density at radius 1 is 1.36 bits per heavy atom. The van der Waals surface area contributed by atoms with Gasteiger partial charge in [-0.25, -0.2) is 0 Å². The van der Waals surface area contributed by atoms with Crippen LogP contribution in [-0.4, -0.2) is 5.78 Å². The average molecular weight is 210 g/mol. The number of rotatable bonds is 4. The lowest BCUT2D eigenvalue weighted by Crippen LogP contribution is -2.09. The number of ketones is 1. The minimum atomic E-state index is 0.0933. The molecule has 0 heterocycles. The minimum absolute atomic E-state index is 0.0933. The van der Waals surface area contributed by atoms with Gasteiger partial charge in [-0.2, -0.15) is 0 Å². The number of hydrogen-bond donors (Lipinski definition) is 1. The highest BCUT2D eigenvalue weighted by Gasteiger charge is 2.07. The van der Waals surface area contributed by atoms with E-state index in [2.05, 4.69) is 12.9 Å². The van der Waals surface area contributed by atoms with Crippen LogP contribution >= 0.6 is 12.9 Å². The van der Waals surface area contributed by atoms with Gasteiger partial charge < -0.3 is 4.18 Å². The van der Waals surface area contributed by atoms with Crippen molar-refractivity contribution in [3.05, 3.63) is 29.8 Å². The molecule has 0 atom stereocenters. The molecule has 0 fully saturated rings. The van der Waals surface area contributed by atoms with Crippen molar-refractivity contribution in [2.45, 2.75) is 20.3 Å². The highest BCUT2D eigenvalue weighted by atomic mass is 32.1. The van der Waals surface area contributed by atoms with Gasteiger partial charge in [0.2, 0.25) is 0 Å². The molecular weight excluding hydrogens is 196 g/mol. The summed E-state index contributed by atoms with van der Waals surface area (Å²) in [6.45, 7) is 3.82. The molecule has 0 aliphatic carbocycles. The van der Waals surface area contributed by atoms with E-state index in [0.29, 0.717) is 12.2 Å². The van der Waals surface area contributed by atoms with Crippen LogP contribution in [0, 0.1) is 5.92 Å². The van der Waals surface area contributed by atoms with Gasteiger partial charge in [0.25, 0.3) is 0 Å². The Labute approximate surface area is 89.9 Å². The molecule has 2 nitrogen and oxygen atoms in total. The Morgan fingerprint density at radius 2 is 1.93 bits per heavy atom. The molecule has 0 saturated heterocycles. The first-order chi connectivity index (χ1) is 6.63. The van der Waals surface area contributed by atoms with E-state index in [0.717, 1.165) is 5.56 Å². The van der Waals surface area contributed by atoms with Crippen LogP contribution in [0.15, 0.2) is 24.3 Å². The maximum absolute atomic E-state index is 11.4. The van der Waals surface area contributed by atoms with Crippen molar-refractivity contribution < 1.29 is 8.98 Å². The van der Waals surface area contributed by atoms with Gasteiger partial charge in [-0.05, 0) is 17.7 Å². The van der Waals surface area contributed by atoms with Gasteiger partial charge in [0.15, 0.2) is 0 Å². The van der Waals surface area contributed by atoms with Gasteiger partial charge in [0.1, 0.15) is 11.5 Å². The third-order valence-corrected chi connectivity index (χ3v) is 2.26. The zero-order chi connectivity index (χ0) is 10.6. The van der Waals surface area contributed by atoms with E-state index >= 15 is 0 Å². The van der Waals surface area contributed by atoms with Gasteiger partial charge in [0.05, 0.1) is 0 Å². The number of Topliss-reactive ketones (excluding diaryl/α,β-unsaturated/α-hetero) is 1. The van der Waals surface area contributed by atoms with E-state index in [9.17, 15) is 4.79 Å². The van der Waals surface area contributed by atoms with Crippen molar-refractivity contribution in [3.63, 3.8) is 0 Å². The van der Waals surface area contributed by atoms with Gasteiger partial charge in [-0.15, -0.1) is 0 Å². The van der Waals surface area contributed by atoms with Gasteiger partial charge in [0, 0.05) is 25.2 Å². The maximum atomic E-state index is 11.4. The van der Waals surface area contributed by atoms with Crippen LogP contribution < -0.4 is 4.18 Å². The summed E-state index contributed by atoms with van der Waals surface area (Å²) in [5.41, 5.74) is 1.01. The first-order valence-corrected chi connectivity index (χ1v) is 4.93. The molecule has 1 aromatic rings. The molecule has 0 spiro atoms. The fourth-order valence-corrected chi connectivity index (χ4v) is 1.20. The van der Waals surface area contributed by atoms with E-state index in [-0.39, 0.29) is 11.7 Å². The molecule has 1 rings (SSSR count). The van der Waals surface area contributed by atoms with Crippen molar-refractivity contribution in [3.8, 4) is 5.75 Å². The zero-order valence-electron chi connectivity index (χ0n) is 8.36. The molecule has 14 heavy (non-hydrogen) atoms. The van der Waals surface area contributed by atoms with E-state index < -0.39 is 0 Å². The summed E-state index contributed by atoms with van der Waals surface area (Å²) in [7, 11) is 0. The third-order valence-electron chi connectivity index (χ3n) is 2.05. The molecule has 0 aliphatic heterocycles. The highest BCUT2D eigenvalue weighted by Crippen LogP contribution is 2.14. The standard InChI is InChI=1S/C11H14O2S/c1-8(2)11(12)7-9-3-5-10(13-14)6-4-9/h3-6,8,14H,7H2,1-2H3. The quantitative estimate of drug-likeness (QED) is 0.611. The Bertz CT molecular complexity index is 304. The topological polar surface area (TPSA) is 26.3 Å². The van der Waals surface area contributed by atoms with Crippen LogP contribution in [0.25, 0.3) is 0 Å². The molecule has 0 N–H and O–H groups in total. The first-order valence-electron chi connectivity index (χ1n) is 4.56. The van der Waals surface area contributed by atoms with Crippen molar-refractivity contribution in [2.24, 2.45) is 5.92 Å². The smallest absolute Gasteiger partial charge is 0.139 e. The van der Waals surface area contributed by atoms with E-state index in [1.807, 2.05) is 26.0 Å². The van der Waals surface area contributed by atoms with Crippen LogP contribution in [-0.2, 0) is 11.2 Å². The summed E-state index contributed by atoms with van der Waals surface area (Å²) in [4.78, 5) is 11.4. The largest absolute Gasteiger partial charge is 0.429 e. The number of benzene rings is 1. The number of carbonyl (C=O) groups excluding carboxylic acids is 1. The summed E-state index contributed by atoms with van der Waals surface area (Å²) in [5, 5.41) is 0. The van der Waals surface area contributed by atoms with Crippen LogP contribution in [0.5, 0.6) is 5.75 Å². The van der Waals surface area contributed by atoms with E-state index in [4.69, 9.17) is 4.18 Å². The molecule has 76 valence electrons. The summed E-state index contributed by atoms with van der Waals surface area (Å²) >= 11 is 3.68. The van der Waals surface area contributed by atoms with Crippen LogP contribution in [0.1, 0.15) is 19.4 Å². The predicted molar refractivity (Wildman–Crippen MR) is 59.6 cm³/mol. The molecule has 1 aromatic carbocycles. The second kappa shape index (κ2) is 5.05. The lowest BCUT2D eigenvalue weighted by molar-refractivity contribution is -0.121. The molecule has 0 bridgehead atoms. The second-order valence-electron chi connectivity index (χ2n) is 3.53.